The van der Waals surface area contributed by atoms with Crippen LogP contribution >= 0.6 is 0 Å². The molecule has 0 spiro atoms. The first-order chi connectivity index (χ1) is 13.1. The van der Waals surface area contributed by atoms with Crippen LogP contribution in [-0.4, -0.2) is 29.4 Å². The van der Waals surface area contributed by atoms with Crippen LogP contribution in [0.15, 0.2) is 42.5 Å². The molecular formula is C20H21N3O4. The zero-order chi connectivity index (χ0) is 19.0. The van der Waals surface area contributed by atoms with Crippen molar-refractivity contribution in [1.29, 1.82) is 0 Å². The Morgan fingerprint density at radius 3 is 2.74 bits per heavy atom. The fourth-order valence-electron chi connectivity index (χ4n) is 4.12. The topological polar surface area (TPSA) is 84.7 Å². The summed E-state index contributed by atoms with van der Waals surface area (Å²) in [5, 5.41) is 14.9. The second-order valence-electron chi connectivity index (χ2n) is 6.91. The Kier molecular flexibility index (Phi) is 4.43. The average Bonchev–Trinajstić information content (AvgIpc) is 3.12. The van der Waals surface area contributed by atoms with Gasteiger partial charge in [-0.15, -0.1) is 0 Å². The maximum atomic E-state index is 12.4. The molecule has 0 bridgehead atoms. The van der Waals surface area contributed by atoms with Crippen LogP contribution < -0.4 is 10.1 Å². The number of ether oxygens (including phenoxy) is 1. The quantitative estimate of drug-likeness (QED) is 0.656. The van der Waals surface area contributed by atoms with Crippen LogP contribution in [0.5, 0.6) is 5.75 Å². The van der Waals surface area contributed by atoms with Crippen molar-refractivity contribution in [2.45, 2.75) is 31.3 Å². The van der Waals surface area contributed by atoms with Crippen LogP contribution in [0.4, 0.5) is 11.4 Å². The number of anilines is 1. The maximum Gasteiger partial charge on any atom is 0.274 e. The number of hydrogen-bond acceptors (Lipinski definition) is 5. The minimum Gasteiger partial charge on any atom is -0.497 e. The molecule has 0 aliphatic carbocycles. The highest BCUT2D eigenvalue weighted by atomic mass is 16.6. The number of nitro benzene ring substituents is 1. The van der Waals surface area contributed by atoms with Crippen molar-refractivity contribution in [2.24, 2.45) is 0 Å². The standard InChI is InChI=1S/C20H21N3O4/c1-27-13-8-9-16-15(11-13)19(22-10-4-7-20(22)24)12-17(21-16)14-5-2-3-6-18(14)23(25)26/h2-3,5-6,8-9,11,17,19,21H,4,7,10,12H2,1H3/t17-,19-/m0/s1. The van der Waals surface area contributed by atoms with Gasteiger partial charge >= 0.3 is 0 Å². The Morgan fingerprint density at radius 2 is 2.04 bits per heavy atom. The molecule has 2 aromatic rings. The molecule has 4 rings (SSSR count). The first-order valence-electron chi connectivity index (χ1n) is 9.05. The molecule has 7 heteroatoms. The second-order valence-corrected chi connectivity index (χ2v) is 6.91. The lowest BCUT2D eigenvalue weighted by atomic mass is 9.87. The van der Waals surface area contributed by atoms with E-state index in [-0.39, 0.29) is 28.6 Å². The van der Waals surface area contributed by atoms with Gasteiger partial charge in [-0.2, -0.15) is 0 Å². The number of para-hydroxylation sites is 1. The largest absolute Gasteiger partial charge is 0.497 e. The van der Waals surface area contributed by atoms with Crippen LogP contribution in [0.3, 0.4) is 0 Å². The lowest BCUT2D eigenvalue weighted by Crippen LogP contribution is -2.35. The molecule has 2 aliphatic rings. The zero-order valence-electron chi connectivity index (χ0n) is 15.1. The van der Waals surface area contributed by atoms with E-state index in [9.17, 15) is 14.9 Å². The summed E-state index contributed by atoms with van der Waals surface area (Å²) in [6.07, 6.45) is 1.98. The molecule has 0 unspecified atom stereocenters. The molecule has 1 fully saturated rings. The van der Waals surface area contributed by atoms with Crippen molar-refractivity contribution in [3.63, 3.8) is 0 Å². The van der Waals surface area contributed by atoms with E-state index in [1.165, 1.54) is 6.07 Å². The first kappa shape index (κ1) is 17.3. The number of likely N-dealkylation sites (tertiary alicyclic amines) is 1. The fraction of sp³-hybridized carbons (Fsp3) is 0.350. The molecule has 140 valence electrons. The lowest BCUT2D eigenvalue weighted by molar-refractivity contribution is -0.385. The molecule has 1 amide bonds. The first-order valence-corrected chi connectivity index (χ1v) is 9.05. The third kappa shape index (κ3) is 3.09. The van der Waals surface area contributed by atoms with Crippen molar-refractivity contribution in [3.8, 4) is 5.75 Å². The molecule has 0 radical (unpaired) electrons. The number of benzene rings is 2. The highest BCUT2D eigenvalue weighted by Crippen LogP contribution is 2.45. The molecule has 2 atom stereocenters. The van der Waals surface area contributed by atoms with Gasteiger partial charge in [-0.05, 0) is 31.0 Å². The Morgan fingerprint density at radius 1 is 1.22 bits per heavy atom. The van der Waals surface area contributed by atoms with Gasteiger partial charge in [-0.25, -0.2) is 0 Å². The van der Waals surface area contributed by atoms with Crippen LogP contribution in [0, 0.1) is 10.1 Å². The van der Waals surface area contributed by atoms with Gasteiger partial charge in [-0.3, -0.25) is 14.9 Å². The molecule has 27 heavy (non-hydrogen) atoms. The number of nitrogens with zero attached hydrogens (tertiary/aromatic N) is 2. The van der Waals surface area contributed by atoms with Crippen LogP contribution in [0.2, 0.25) is 0 Å². The molecule has 2 aromatic carbocycles. The van der Waals surface area contributed by atoms with E-state index in [0.717, 1.165) is 23.4 Å². The number of fused-ring (bicyclic) bond motifs is 1. The summed E-state index contributed by atoms with van der Waals surface area (Å²) in [6, 6.07) is 12.1. The summed E-state index contributed by atoms with van der Waals surface area (Å²) in [7, 11) is 1.62. The second kappa shape index (κ2) is 6.90. The van der Waals surface area contributed by atoms with Crippen LogP contribution in [-0.2, 0) is 4.79 Å². The van der Waals surface area contributed by atoms with Crippen molar-refractivity contribution < 1.29 is 14.5 Å². The van der Waals surface area contributed by atoms with Crippen molar-refractivity contribution in [2.75, 3.05) is 19.0 Å². The van der Waals surface area contributed by atoms with Crippen LogP contribution in [0.25, 0.3) is 0 Å². The highest BCUT2D eigenvalue weighted by molar-refractivity contribution is 5.79. The van der Waals surface area contributed by atoms with E-state index in [0.29, 0.717) is 24.9 Å². The number of nitro groups is 1. The van der Waals surface area contributed by atoms with E-state index in [1.54, 1.807) is 19.2 Å². The van der Waals surface area contributed by atoms with E-state index in [1.807, 2.05) is 29.2 Å². The van der Waals surface area contributed by atoms with E-state index >= 15 is 0 Å². The van der Waals surface area contributed by atoms with E-state index in [2.05, 4.69) is 5.32 Å². The summed E-state index contributed by atoms with van der Waals surface area (Å²) in [6.45, 7) is 0.712. The minimum absolute atomic E-state index is 0.0958. The fourth-order valence-corrected chi connectivity index (χ4v) is 4.12. The van der Waals surface area contributed by atoms with Gasteiger partial charge in [0.25, 0.3) is 5.69 Å². The molecule has 0 saturated carbocycles. The predicted molar refractivity (Wildman–Crippen MR) is 101 cm³/mol. The molecule has 2 heterocycles. The molecule has 2 aliphatic heterocycles. The van der Waals surface area contributed by atoms with Crippen molar-refractivity contribution in [1.82, 2.24) is 4.90 Å². The smallest absolute Gasteiger partial charge is 0.274 e. The number of methoxy groups -OCH3 is 1. The molecule has 1 N–H and O–H groups in total. The summed E-state index contributed by atoms with van der Waals surface area (Å²) in [4.78, 5) is 25.5. The number of nitrogens with one attached hydrogen (secondary N) is 1. The van der Waals surface area contributed by atoms with Gasteiger partial charge in [0.1, 0.15) is 5.75 Å². The van der Waals surface area contributed by atoms with Gasteiger partial charge in [-0.1, -0.05) is 18.2 Å². The third-order valence-corrected chi connectivity index (χ3v) is 5.40. The average molecular weight is 367 g/mol. The van der Waals surface area contributed by atoms with Gasteiger partial charge < -0.3 is 15.0 Å². The van der Waals surface area contributed by atoms with Gasteiger partial charge in [0.05, 0.1) is 29.7 Å². The number of carbonyl (C=O) groups is 1. The van der Waals surface area contributed by atoms with E-state index < -0.39 is 0 Å². The Balaban J connectivity index is 1.77. The normalized spacial score (nSPS) is 21.5. The highest BCUT2D eigenvalue weighted by Gasteiger charge is 2.37. The maximum absolute atomic E-state index is 12.4. The SMILES string of the molecule is COc1ccc2c(c1)[C@@H](N1CCCC1=O)C[C@@H](c1ccccc1[N+](=O)[O-])N2. The summed E-state index contributed by atoms with van der Waals surface area (Å²) in [5.41, 5.74) is 2.62. The Hall–Kier alpha value is -3.09. The van der Waals surface area contributed by atoms with Gasteiger partial charge in [0, 0.05) is 30.3 Å². The third-order valence-electron chi connectivity index (χ3n) is 5.40. The molecule has 7 nitrogen and oxygen atoms in total. The predicted octanol–water partition coefficient (Wildman–Crippen LogP) is 3.82. The van der Waals surface area contributed by atoms with Gasteiger partial charge in [0.2, 0.25) is 5.91 Å². The molecule has 0 aromatic heterocycles. The van der Waals surface area contributed by atoms with E-state index in [4.69, 9.17) is 4.74 Å². The zero-order valence-corrected chi connectivity index (χ0v) is 15.1. The number of rotatable bonds is 4. The van der Waals surface area contributed by atoms with Gasteiger partial charge in [0.15, 0.2) is 0 Å². The number of amides is 1. The monoisotopic (exact) mass is 367 g/mol. The Bertz CT molecular complexity index is 899. The summed E-state index contributed by atoms with van der Waals surface area (Å²) in [5.74, 6) is 0.869. The van der Waals surface area contributed by atoms with Crippen LogP contribution in [0.1, 0.15) is 42.5 Å². The molecular weight excluding hydrogens is 346 g/mol. The minimum atomic E-state index is -0.351. The van der Waals surface area contributed by atoms with Crippen molar-refractivity contribution in [3.05, 3.63) is 63.7 Å². The molecule has 1 saturated heterocycles. The Labute approximate surface area is 157 Å². The number of carbonyl (C=O) groups excluding carboxylic acids is 1. The summed E-state index contributed by atoms with van der Waals surface area (Å²) < 4.78 is 5.36. The van der Waals surface area contributed by atoms with Crippen molar-refractivity contribution >= 4 is 17.3 Å². The lowest BCUT2D eigenvalue weighted by Gasteiger charge is -2.38. The summed E-state index contributed by atoms with van der Waals surface area (Å²) >= 11 is 0. The number of hydrogen-bond donors (Lipinski definition) is 1.